The second kappa shape index (κ2) is 7.27. The molecule has 4 N–H and O–H groups in total. The zero-order valence-electron chi connectivity index (χ0n) is 13.5. The van der Waals surface area contributed by atoms with Crippen LogP contribution in [0.25, 0.3) is 0 Å². The van der Waals surface area contributed by atoms with E-state index in [4.69, 9.17) is 20.3 Å². The van der Waals surface area contributed by atoms with Crippen molar-refractivity contribution < 1.29 is 22.0 Å². The Balaban J connectivity index is 2.07. The molecule has 2 unspecified atom stereocenters. The first-order chi connectivity index (χ1) is 11.2. The van der Waals surface area contributed by atoms with E-state index in [9.17, 15) is 13.2 Å². The van der Waals surface area contributed by atoms with Crippen LogP contribution in [0.2, 0.25) is 0 Å². The Hall–Kier alpha value is -1.99. The minimum Gasteiger partial charge on any atom is -0.467 e. The molecular weight excluding hydrogens is 321 g/mol. The van der Waals surface area contributed by atoms with Crippen LogP contribution in [0.3, 0.4) is 0 Å². The molecule has 2 aromatic heterocycles. The molecule has 0 bridgehead atoms. The molecule has 0 spiro atoms. The zero-order chi connectivity index (χ0) is 17.9. The number of furan rings is 2. The molecule has 0 aliphatic rings. The number of hydrogen-bond acceptors (Lipinski definition) is 4. The summed E-state index contributed by atoms with van der Waals surface area (Å²) in [5.41, 5.74) is 11.8. The van der Waals surface area contributed by atoms with Gasteiger partial charge in [0.05, 0.1) is 12.3 Å². The molecule has 24 heavy (non-hydrogen) atoms. The Bertz CT molecular complexity index is 692. The summed E-state index contributed by atoms with van der Waals surface area (Å²) in [6.45, 7) is 2.96. The van der Waals surface area contributed by atoms with Crippen molar-refractivity contribution in [3.8, 4) is 0 Å². The van der Waals surface area contributed by atoms with E-state index in [1.807, 2.05) is 0 Å². The van der Waals surface area contributed by atoms with Crippen LogP contribution < -0.4 is 11.5 Å². The van der Waals surface area contributed by atoms with Crippen LogP contribution in [0, 0.1) is 6.92 Å². The number of nitrogens with two attached hydrogens (primary N) is 2. The standard InChI is InChI=1S/C17H21F3N2O2/c1-10-5-6-13(24-10)16(22)17(19,20)8-3-4-12-7-9-23-15(12)14(21)11(2)18/h3,5-9,11,14,16H,4,21-22H2,1-2H3/b8-3-/t11?,14-,16?/m1/s1. The lowest BCUT2D eigenvalue weighted by Gasteiger charge is -2.18. The Morgan fingerprint density at radius 2 is 1.96 bits per heavy atom. The molecule has 4 nitrogen and oxygen atoms in total. The van der Waals surface area contributed by atoms with Gasteiger partial charge in [-0.1, -0.05) is 6.08 Å². The first-order valence-electron chi connectivity index (χ1n) is 7.55. The SMILES string of the molecule is Cc1ccc(C(N)C(F)(F)/C=C\Cc2ccoc2[C@H](N)C(C)F)o1. The lowest BCUT2D eigenvalue weighted by Crippen LogP contribution is -2.30. The third kappa shape index (κ3) is 4.10. The highest BCUT2D eigenvalue weighted by Crippen LogP contribution is 2.32. The first-order valence-corrected chi connectivity index (χ1v) is 7.55. The topological polar surface area (TPSA) is 78.3 Å². The van der Waals surface area contributed by atoms with Crippen LogP contribution in [-0.2, 0) is 6.42 Å². The number of allylic oxidation sites excluding steroid dienone is 1. The third-order valence-electron chi connectivity index (χ3n) is 3.74. The summed E-state index contributed by atoms with van der Waals surface area (Å²) in [6.07, 6.45) is 2.16. The molecule has 0 aliphatic heterocycles. The summed E-state index contributed by atoms with van der Waals surface area (Å²) in [5, 5.41) is 0. The Morgan fingerprint density at radius 3 is 2.54 bits per heavy atom. The maximum Gasteiger partial charge on any atom is 0.288 e. The van der Waals surface area contributed by atoms with Crippen LogP contribution in [0.4, 0.5) is 13.2 Å². The van der Waals surface area contributed by atoms with Gasteiger partial charge in [0.25, 0.3) is 5.92 Å². The molecule has 2 aromatic rings. The molecule has 0 amide bonds. The van der Waals surface area contributed by atoms with E-state index in [1.165, 1.54) is 25.3 Å². The summed E-state index contributed by atoms with van der Waals surface area (Å²) >= 11 is 0. The highest BCUT2D eigenvalue weighted by molar-refractivity contribution is 5.24. The molecule has 0 saturated carbocycles. The number of aryl methyl sites for hydroxylation is 1. The van der Waals surface area contributed by atoms with Crippen LogP contribution in [-0.4, -0.2) is 12.1 Å². The van der Waals surface area contributed by atoms with Gasteiger partial charge in [-0.05, 0) is 50.1 Å². The van der Waals surface area contributed by atoms with E-state index in [-0.39, 0.29) is 17.9 Å². The molecule has 3 atom stereocenters. The average molecular weight is 342 g/mol. The molecule has 7 heteroatoms. The Morgan fingerprint density at radius 1 is 1.25 bits per heavy atom. The Labute approximate surface area is 138 Å². The van der Waals surface area contributed by atoms with Gasteiger partial charge in [0, 0.05) is 0 Å². The van der Waals surface area contributed by atoms with Crippen LogP contribution in [0.1, 0.15) is 41.9 Å². The van der Waals surface area contributed by atoms with Crippen molar-refractivity contribution in [1.29, 1.82) is 0 Å². The molecule has 0 aliphatic carbocycles. The van der Waals surface area contributed by atoms with Crippen molar-refractivity contribution in [2.24, 2.45) is 11.5 Å². The molecule has 2 rings (SSSR count). The van der Waals surface area contributed by atoms with Gasteiger partial charge in [-0.2, -0.15) is 8.78 Å². The molecular formula is C17H21F3N2O2. The van der Waals surface area contributed by atoms with E-state index >= 15 is 0 Å². The van der Waals surface area contributed by atoms with E-state index in [2.05, 4.69) is 0 Å². The van der Waals surface area contributed by atoms with Gasteiger partial charge in [-0.3, -0.25) is 0 Å². The maximum atomic E-state index is 14.1. The molecule has 2 heterocycles. The average Bonchev–Trinajstić information content (AvgIpc) is 3.14. The lowest BCUT2D eigenvalue weighted by atomic mass is 10.0. The van der Waals surface area contributed by atoms with Gasteiger partial charge in [0.1, 0.15) is 29.5 Å². The van der Waals surface area contributed by atoms with E-state index < -0.39 is 24.2 Å². The third-order valence-corrected chi connectivity index (χ3v) is 3.74. The van der Waals surface area contributed by atoms with Gasteiger partial charge < -0.3 is 20.3 Å². The summed E-state index contributed by atoms with van der Waals surface area (Å²) in [7, 11) is 0. The van der Waals surface area contributed by atoms with Crippen LogP contribution >= 0.6 is 0 Å². The molecule has 0 fully saturated rings. The fourth-order valence-corrected chi connectivity index (χ4v) is 2.27. The smallest absolute Gasteiger partial charge is 0.288 e. The van der Waals surface area contributed by atoms with Crippen molar-refractivity contribution in [3.05, 3.63) is 59.5 Å². The van der Waals surface area contributed by atoms with E-state index in [1.54, 1.807) is 19.1 Å². The fourth-order valence-electron chi connectivity index (χ4n) is 2.27. The molecule has 0 radical (unpaired) electrons. The number of hydrogen-bond donors (Lipinski definition) is 2. The number of rotatable bonds is 7. The molecule has 0 aromatic carbocycles. The predicted octanol–water partition coefficient (Wildman–Crippen LogP) is 3.97. The second-order valence-electron chi connectivity index (χ2n) is 5.72. The maximum absolute atomic E-state index is 14.1. The van der Waals surface area contributed by atoms with Crippen molar-refractivity contribution >= 4 is 0 Å². The summed E-state index contributed by atoms with van der Waals surface area (Å²) in [4.78, 5) is 0. The number of halogens is 3. The van der Waals surface area contributed by atoms with E-state index in [0.29, 0.717) is 11.3 Å². The highest BCUT2D eigenvalue weighted by atomic mass is 19.3. The molecule has 0 saturated heterocycles. The van der Waals surface area contributed by atoms with Crippen molar-refractivity contribution in [2.45, 2.75) is 44.4 Å². The predicted molar refractivity (Wildman–Crippen MR) is 84.4 cm³/mol. The normalized spacial score (nSPS) is 16.5. The minimum atomic E-state index is -3.29. The van der Waals surface area contributed by atoms with Crippen LogP contribution in [0.5, 0.6) is 0 Å². The quantitative estimate of drug-likeness (QED) is 0.746. The monoisotopic (exact) mass is 342 g/mol. The van der Waals surface area contributed by atoms with Crippen molar-refractivity contribution in [2.75, 3.05) is 0 Å². The van der Waals surface area contributed by atoms with Gasteiger partial charge in [-0.25, -0.2) is 4.39 Å². The summed E-state index contributed by atoms with van der Waals surface area (Å²) in [6, 6.07) is 2.07. The first kappa shape index (κ1) is 18.4. The Kier molecular flexibility index (Phi) is 5.56. The van der Waals surface area contributed by atoms with Gasteiger partial charge >= 0.3 is 0 Å². The fraction of sp³-hybridized carbons (Fsp3) is 0.412. The summed E-state index contributed by atoms with van der Waals surface area (Å²) in [5.74, 6) is -2.51. The van der Waals surface area contributed by atoms with Gasteiger partial charge in [0.2, 0.25) is 0 Å². The van der Waals surface area contributed by atoms with Gasteiger partial charge in [0.15, 0.2) is 0 Å². The second-order valence-corrected chi connectivity index (χ2v) is 5.72. The molecule has 132 valence electrons. The largest absolute Gasteiger partial charge is 0.467 e. The van der Waals surface area contributed by atoms with Gasteiger partial charge in [-0.15, -0.1) is 0 Å². The van der Waals surface area contributed by atoms with Crippen LogP contribution in [0.15, 0.2) is 45.4 Å². The lowest BCUT2D eigenvalue weighted by molar-refractivity contribution is 0.0183. The van der Waals surface area contributed by atoms with Crippen molar-refractivity contribution in [1.82, 2.24) is 0 Å². The van der Waals surface area contributed by atoms with Crippen molar-refractivity contribution in [3.63, 3.8) is 0 Å². The number of alkyl halides is 3. The zero-order valence-corrected chi connectivity index (χ0v) is 13.5. The highest BCUT2D eigenvalue weighted by Gasteiger charge is 2.37. The summed E-state index contributed by atoms with van der Waals surface area (Å²) < 4.78 is 51.9. The minimum absolute atomic E-state index is 0.0134. The van der Waals surface area contributed by atoms with E-state index in [0.717, 1.165) is 6.08 Å².